The van der Waals surface area contributed by atoms with E-state index in [-0.39, 0.29) is 5.91 Å². The van der Waals surface area contributed by atoms with Crippen LogP contribution in [0.5, 0.6) is 0 Å². The molecular formula is C20H19N5OS. The van der Waals surface area contributed by atoms with Gasteiger partial charge in [-0.05, 0) is 36.6 Å². The zero-order valence-corrected chi connectivity index (χ0v) is 15.8. The van der Waals surface area contributed by atoms with Crippen LogP contribution in [0.3, 0.4) is 0 Å². The fraction of sp³-hybridized carbons (Fsp3) is 0.250. The number of aromatic nitrogens is 3. The number of imidazole rings is 1. The highest BCUT2D eigenvalue weighted by Crippen LogP contribution is 2.30. The van der Waals surface area contributed by atoms with E-state index in [1.807, 2.05) is 40.6 Å². The highest BCUT2D eigenvalue weighted by atomic mass is 32.1. The normalized spacial score (nSPS) is 15.0. The summed E-state index contributed by atoms with van der Waals surface area (Å²) in [5.74, 6) is 0.0670. The predicted octanol–water partition coefficient (Wildman–Crippen LogP) is 3.21. The van der Waals surface area contributed by atoms with Gasteiger partial charge in [-0.2, -0.15) is 0 Å². The second-order valence-electron chi connectivity index (χ2n) is 6.75. The molecule has 6 nitrogen and oxygen atoms in total. The second kappa shape index (κ2) is 6.35. The average molecular weight is 377 g/mol. The molecule has 7 heteroatoms. The van der Waals surface area contributed by atoms with E-state index >= 15 is 0 Å². The molecule has 0 N–H and O–H groups in total. The van der Waals surface area contributed by atoms with Crippen molar-refractivity contribution in [1.82, 2.24) is 19.3 Å². The number of piperazine rings is 1. The summed E-state index contributed by atoms with van der Waals surface area (Å²) >= 11 is 1.72. The molecule has 136 valence electrons. The van der Waals surface area contributed by atoms with Crippen LogP contribution in [0, 0.1) is 6.92 Å². The van der Waals surface area contributed by atoms with Gasteiger partial charge in [-0.25, -0.2) is 4.98 Å². The zero-order chi connectivity index (χ0) is 18.4. The lowest BCUT2D eigenvalue weighted by molar-refractivity contribution is 0.0739. The molecule has 0 atom stereocenters. The number of rotatable bonds is 2. The molecule has 0 saturated carbocycles. The molecule has 1 aliphatic rings. The van der Waals surface area contributed by atoms with Crippen LogP contribution in [0.4, 0.5) is 5.69 Å². The first kappa shape index (κ1) is 16.3. The maximum Gasteiger partial charge on any atom is 0.271 e. The van der Waals surface area contributed by atoms with E-state index in [1.54, 1.807) is 17.5 Å². The number of pyridine rings is 2. The van der Waals surface area contributed by atoms with Crippen molar-refractivity contribution in [1.29, 1.82) is 0 Å². The van der Waals surface area contributed by atoms with Crippen LogP contribution in [0.25, 0.3) is 15.9 Å². The van der Waals surface area contributed by atoms with E-state index in [9.17, 15) is 4.79 Å². The Labute approximate surface area is 160 Å². The zero-order valence-electron chi connectivity index (χ0n) is 15.0. The average Bonchev–Trinajstić information content (AvgIpc) is 3.34. The molecule has 27 heavy (non-hydrogen) atoms. The monoisotopic (exact) mass is 377 g/mol. The molecule has 1 saturated heterocycles. The third kappa shape index (κ3) is 2.66. The summed E-state index contributed by atoms with van der Waals surface area (Å²) in [6.45, 7) is 5.03. The number of amides is 1. The van der Waals surface area contributed by atoms with Gasteiger partial charge in [-0.15, -0.1) is 11.3 Å². The predicted molar refractivity (Wildman–Crippen MR) is 108 cm³/mol. The Morgan fingerprint density at radius 1 is 1.07 bits per heavy atom. The van der Waals surface area contributed by atoms with Crippen LogP contribution in [0.15, 0.2) is 48.1 Å². The smallest absolute Gasteiger partial charge is 0.271 e. The number of fused-ring (bicyclic) bond motifs is 2. The molecule has 4 aromatic rings. The first-order valence-corrected chi connectivity index (χ1v) is 9.90. The van der Waals surface area contributed by atoms with Gasteiger partial charge in [0.1, 0.15) is 11.3 Å². The molecule has 5 rings (SSSR count). The minimum absolute atomic E-state index is 0.0670. The van der Waals surface area contributed by atoms with E-state index in [1.165, 1.54) is 10.4 Å². The Kier molecular flexibility index (Phi) is 3.82. The van der Waals surface area contributed by atoms with Crippen molar-refractivity contribution < 1.29 is 4.79 Å². The minimum atomic E-state index is 0.0670. The van der Waals surface area contributed by atoms with Gasteiger partial charge in [0.15, 0.2) is 0 Å². The Balaban J connectivity index is 1.38. The van der Waals surface area contributed by atoms with Gasteiger partial charge < -0.3 is 9.80 Å². The lowest BCUT2D eigenvalue weighted by Gasteiger charge is -2.36. The maximum absolute atomic E-state index is 13.1. The number of carbonyl (C=O) groups excluding carboxylic acids is 1. The molecule has 0 radical (unpaired) electrons. The van der Waals surface area contributed by atoms with E-state index in [4.69, 9.17) is 0 Å². The quantitative estimate of drug-likeness (QED) is 0.538. The van der Waals surface area contributed by atoms with Crippen molar-refractivity contribution in [2.75, 3.05) is 31.1 Å². The lowest BCUT2D eigenvalue weighted by atomic mass is 10.2. The first-order valence-electron chi connectivity index (χ1n) is 9.02. The molecule has 5 heterocycles. The number of thiophene rings is 1. The van der Waals surface area contributed by atoms with Crippen LogP contribution in [-0.4, -0.2) is 51.4 Å². The SMILES string of the molecule is Cc1cnc2cccc(C(=O)N3CCN(c4ccnc5ccsc45)CC3)n12. The van der Waals surface area contributed by atoms with Gasteiger partial charge in [0.2, 0.25) is 0 Å². The van der Waals surface area contributed by atoms with Gasteiger partial charge in [0, 0.05) is 44.3 Å². The van der Waals surface area contributed by atoms with Crippen LogP contribution < -0.4 is 4.90 Å². The van der Waals surface area contributed by atoms with Crippen molar-refractivity contribution in [2.45, 2.75) is 6.92 Å². The molecular weight excluding hydrogens is 358 g/mol. The Morgan fingerprint density at radius 2 is 1.93 bits per heavy atom. The number of aryl methyl sites for hydroxylation is 1. The van der Waals surface area contributed by atoms with Crippen LogP contribution >= 0.6 is 11.3 Å². The van der Waals surface area contributed by atoms with Gasteiger partial charge in [-0.3, -0.25) is 14.2 Å². The summed E-state index contributed by atoms with van der Waals surface area (Å²) in [5.41, 5.74) is 4.73. The Hall–Kier alpha value is -2.93. The van der Waals surface area contributed by atoms with Gasteiger partial charge in [0.25, 0.3) is 5.91 Å². The number of nitrogens with zero attached hydrogens (tertiary/aromatic N) is 5. The van der Waals surface area contributed by atoms with Crippen molar-refractivity contribution in [3.63, 3.8) is 0 Å². The molecule has 0 bridgehead atoms. The van der Waals surface area contributed by atoms with Crippen LogP contribution in [0.2, 0.25) is 0 Å². The topological polar surface area (TPSA) is 53.7 Å². The van der Waals surface area contributed by atoms with Crippen molar-refractivity contribution >= 4 is 38.8 Å². The molecule has 0 aliphatic carbocycles. The summed E-state index contributed by atoms with van der Waals surface area (Å²) in [6.07, 6.45) is 3.67. The molecule has 0 spiro atoms. The second-order valence-corrected chi connectivity index (χ2v) is 7.66. The van der Waals surface area contributed by atoms with E-state index in [0.29, 0.717) is 18.8 Å². The van der Waals surface area contributed by atoms with Gasteiger partial charge >= 0.3 is 0 Å². The third-order valence-electron chi connectivity index (χ3n) is 5.16. The summed E-state index contributed by atoms with van der Waals surface area (Å²) in [7, 11) is 0. The number of carbonyl (C=O) groups is 1. The van der Waals surface area contributed by atoms with Crippen LogP contribution in [-0.2, 0) is 0 Å². The first-order chi connectivity index (χ1) is 13.2. The summed E-state index contributed by atoms with van der Waals surface area (Å²) in [4.78, 5) is 26.2. The molecule has 0 aromatic carbocycles. The van der Waals surface area contributed by atoms with Crippen LogP contribution in [0.1, 0.15) is 16.2 Å². The van der Waals surface area contributed by atoms with Crippen molar-refractivity contribution in [3.05, 3.63) is 59.5 Å². The Morgan fingerprint density at radius 3 is 2.78 bits per heavy atom. The molecule has 1 amide bonds. The molecule has 0 unspecified atom stereocenters. The van der Waals surface area contributed by atoms with E-state index in [2.05, 4.69) is 32.4 Å². The largest absolute Gasteiger partial charge is 0.367 e. The highest BCUT2D eigenvalue weighted by molar-refractivity contribution is 7.17. The number of hydrogen-bond donors (Lipinski definition) is 0. The summed E-state index contributed by atoms with van der Waals surface area (Å²) < 4.78 is 3.16. The maximum atomic E-state index is 13.1. The number of hydrogen-bond acceptors (Lipinski definition) is 5. The molecule has 1 aliphatic heterocycles. The van der Waals surface area contributed by atoms with E-state index < -0.39 is 0 Å². The number of anilines is 1. The summed E-state index contributed by atoms with van der Waals surface area (Å²) in [5, 5.41) is 2.08. The fourth-order valence-corrected chi connectivity index (χ4v) is 4.67. The van der Waals surface area contributed by atoms with E-state index in [0.717, 1.165) is 29.9 Å². The standard InChI is InChI=1S/C20H19N5OS/c1-14-13-22-18-4-2-3-17(25(14)18)20(26)24-10-8-23(9-11-24)16-5-7-21-15-6-12-27-19(15)16/h2-7,12-13H,8-11H2,1H3. The Bertz CT molecular complexity index is 1140. The minimum Gasteiger partial charge on any atom is -0.367 e. The lowest BCUT2D eigenvalue weighted by Crippen LogP contribution is -2.49. The fourth-order valence-electron chi connectivity index (χ4n) is 3.77. The molecule has 4 aromatic heterocycles. The van der Waals surface area contributed by atoms with Crippen molar-refractivity contribution in [2.24, 2.45) is 0 Å². The molecule has 1 fully saturated rings. The highest BCUT2D eigenvalue weighted by Gasteiger charge is 2.25. The third-order valence-corrected chi connectivity index (χ3v) is 6.08. The summed E-state index contributed by atoms with van der Waals surface area (Å²) in [6, 6.07) is 9.84. The van der Waals surface area contributed by atoms with Gasteiger partial charge in [-0.1, -0.05) is 6.07 Å². The van der Waals surface area contributed by atoms with Gasteiger partial charge in [0.05, 0.1) is 15.9 Å². The van der Waals surface area contributed by atoms with Crippen molar-refractivity contribution in [3.8, 4) is 0 Å².